The predicted molar refractivity (Wildman–Crippen MR) is 62.7 cm³/mol. The number of hydrogen-bond acceptors (Lipinski definition) is 4. The first-order valence-electron chi connectivity index (χ1n) is 5.35. The highest BCUT2D eigenvalue weighted by molar-refractivity contribution is 7.91. The van der Waals surface area contributed by atoms with Crippen molar-refractivity contribution < 1.29 is 13.5 Å². The highest BCUT2D eigenvalue weighted by atomic mass is 32.2. The Kier molecular flexibility index (Phi) is 5.77. The van der Waals surface area contributed by atoms with E-state index in [0.29, 0.717) is 13.0 Å². The second kappa shape index (κ2) is 5.82. The number of aliphatic hydroxyl groups excluding tert-OH is 1. The maximum absolute atomic E-state index is 11.2. The minimum atomic E-state index is -2.86. The monoisotopic (exact) mass is 237 g/mol. The fourth-order valence-corrected chi connectivity index (χ4v) is 1.87. The van der Waals surface area contributed by atoms with Crippen LogP contribution in [0.4, 0.5) is 0 Å². The smallest absolute Gasteiger partial charge is 0.150 e. The van der Waals surface area contributed by atoms with Crippen LogP contribution in [0.2, 0.25) is 0 Å². The molecule has 0 spiro atoms. The summed E-state index contributed by atoms with van der Waals surface area (Å²) in [5.41, 5.74) is -0.365. The van der Waals surface area contributed by atoms with Gasteiger partial charge in [0, 0.05) is 11.3 Å². The molecule has 1 atom stereocenters. The van der Waals surface area contributed by atoms with Gasteiger partial charge in [0.25, 0.3) is 0 Å². The van der Waals surface area contributed by atoms with Gasteiger partial charge in [0.1, 0.15) is 9.84 Å². The standard InChI is InChI=1S/C10H23NO3S/c1-5-15(13,14)8-6-7-11-10(3,4)9(2)12/h9,11-12H,5-8H2,1-4H3. The molecule has 0 aromatic rings. The molecule has 15 heavy (non-hydrogen) atoms. The van der Waals surface area contributed by atoms with Crippen molar-refractivity contribution in [2.24, 2.45) is 0 Å². The van der Waals surface area contributed by atoms with Crippen LogP contribution in [0.15, 0.2) is 0 Å². The van der Waals surface area contributed by atoms with E-state index in [1.54, 1.807) is 13.8 Å². The quantitative estimate of drug-likeness (QED) is 0.635. The average molecular weight is 237 g/mol. The molecule has 0 radical (unpaired) electrons. The second-order valence-corrected chi connectivity index (χ2v) is 6.89. The van der Waals surface area contributed by atoms with Crippen LogP contribution in [0.25, 0.3) is 0 Å². The molecule has 92 valence electrons. The zero-order valence-electron chi connectivity index (χ0n) is 10.1. The van der Waals surface area contributed by atoms with Crippen LogP contribution in [0.5, 0.6) is 0 Å². The molecule has 0 aliphatic heterocycles. The molecule has 0 heterocycles. The first-order chi connectivity index (χ1) is 6.71. The van der Waals surface area contributed by atoms with Gasteiger partial charge in [0.15, 0.2) is 0 Å². The highest BCUT2D eigenvalue weighted by Crippen LogP contribution is 2.07. The van der Waals surface area contributed by atoms with Gasteiger partial charge in [-0.2, -0.15) is 0 Å². The summed E-state index contributed by atoms with van der Waals surface area (Å²) < 4.78 is 22.4. The van der Waals surface area contributed by atoms with Crippen molar-refractivity contribution in [3.05, 3.63) is 0 Å². The van der Waals surface area contributed by atoms with Gasteiger partial charge in [-0.1, -0.05) is 6.92 Å². The van der Waals surface area contributed by atoms with Gasteiger partial charge < -0.3 is 10.4 Å². The topological polar surface area (TPSA) is 66.4 Å². The molecule has 0 aliphatic rings. The minimum absolute atomic E-state index is 0.201. The van der Waals surface area contributed by atoms with Gasteiger partial charge in [0.2, 0.25) is 0 Å². The third kappa shape index (κ3) is 6.12. The van der Waals surface area contributed by atoms with Crippen LogP contribution in [-0.2, 0) is 9.84 Å². The van der Waals surface area contributed by atoms with E-state index in [9.17, 15) is 13.5 Å². The molecular formula is C10H23NO3S. The second-order valence-electron chi connectivity index (χ2n) is 4.41. The molecule has 0 saturated carbocycles. The summed E-state index contributed by atoms with van der Waals surface area (Å²) in [6.07, 6.45) is 0.132. The minimum Gasteiger partial charge on any atom is -0.392 e. The molecule has 5 heteroatoms. The van der Waals surface area contributed by atoms with Gasteiger partial charge in [-0.3, -0.25) is 0 Å². The summed E-state index contributed by atoms with van der Waals surface area (Å²) in [6.45, 7) is 7.77. The largest absolute Gasteiger partial charge is 0.392 e. The zero-order chi connectivity index (χ0) is 12.1. The van der Waals surface area contributed by atoms with E-state index >= 15 is 0 Å². The summed E-state index contributed by atoms with van der Waals surface area (Å²) >= 11 is 0. The summed E-state index contributed by atoms with van der Waals surface area (Å²) in [5, 5.41) is 12.5. The SMILES string of the molecule is CCS(=O)(=O)CCCNC(C)(C)C(C)O. The molecule has 0 aromatic carbocycles. The van der Waals surface area contributed by atoms with Crippen molar-refractivity contribution in [1.82, 2.24) is 5.32 Å². The molecule has 0 fully saturated rings. The maximum Gasteiger partial charge on any atom is 0.150 e. The zero-order valence-corrected chi connectivity index (χ0v) is 10.9. The van der Waals surface area contributed by atoms with E-state index in [2.05, 4.69) is 5.32 Å². The summed E-state index contributed by atoms with van der Waals surface area (Å²) in [5.74, 6) is 0.416. The van der Waals surface area contributed by atoms with Crippen LogP contribution >= 0.6 is 0 Å². The molecule has 0 saturated heterocycles. The molecule has 0 bridgehead atoms. The Morgan fingerprint density at radius 2 is 1.93 bits per heavy atom. The Labute approximate surface area is 93.0 Å². The highest BCUT2D eigenvalue weighted by Gasteiger charge is 2.22. The molecule has 0 aliphatic carbocycles. The predicted octanol–water partition coefficient (Wildman–Crippen LogP) is 0.560. The molecule has 4 nitrogen and oxygen atoms in total. The van der Waals surface area contributed by atoms with Crippen molar-refractivity contribution in [3.63, 3.8) is 0 Å². The van der Waals surface area contributed by atoms with Gasteiger partial charge in [-0.15, -0.1) is 0 Å². The fraction of sp³-hybridized carbons (Fsp3) is 1.00. The van der Waals surface area contributed by atoms with Crippen LogP contribution in [-0.4, -0.2) is 43.2 Å². The van der Waals surface area contributed by atoms with E-state index in [0.717, 1.165) is 0 Å². The van der Waals surface area contributed by atoms with E-state index in [4.69, 9.17) is 0 Å². The molecule has 2 N–H and O–H groups in total. The lowest BCUT2D eigenvalue weighted by atomic mass is 9.99. The molecule has 0 amide bonds. The van der Waals surface area contributed by atoms with Gasteiger partial charge >= 0.3 is 0 Å². The van der Waals surface area contributed by atoms with Crippen LogP contribution in [0.3, 0.4) is 0 Å². The Hall–Kier alpha value is -0.130. The maximum atomic E-state index is 11.2. The van der Waals surface area contributed by atoms with Crippen molar-refractivity contribution in [1.29, 1.82) is 0 Å². The molecule has 1 unspecified atom stereocenters. The number of sulfone groups is 1. The lowest BCUT2D eigenvalue weighted by Crippen LogP contribution is -2.48. The Bertz CT molecular complexity index is 270. The summed E-state index contributed by atoms with van der Waals surface area (Å²) in [6, 6.07) is 0. The normalized spacial score (nSPS) is 15.3. The third-order valence-electron chi connectivity index (χ3n) is 2.70. The Morgan fingerprint density at radius 3 is 2.33 bits per heavy atom. The average Bonchev–Trinajstić information content (AvgIpc) is 2.12. The van der Waals surface area contributed by atoms with Crippen LogP contribution in [0, 0.1) is 0 Å². The Morgan fingerprint density at radius 1 is 1.40 bits per heavy atom. The Balaban J connectivity index is 3.82. The van der Waals surface area contributed by atoms with E-state index < -0.39 is 15.9 Å². The van der Waals surface area contributed by atoms with E-state index in [1.165, 1.54) is 0 Å². The van der Waals surface area contributed by atoms with E-state index in [-0.39, 0.29) is 17.0 Å². The summed E-state index contributed by atoms with van der Waals surface area (Å²) in [7, 11) is -2.86. The first kappa shape index (κ1) is 14.9. The molecule has 0 rings (SSSR count). The van der Waals surface area contributed by atoms with Gasteiger partial charge in [-0.05, 0) is 33.7 Å². The lowest BCUT2D eigenvalue weighted by Gasteiger charge is -2.29. The van der Waals surface area contributed by atoms with Crippen LogP contribution < -0.4 is 5.32 Å². The number of aliphatic hydroxyl groups is 1. The first-order valence-corrected chi connectivity index (χ1v) is 7.17. The van der Waals surface area contributed by atoms with Gasteiger partial charge in [-0.25, -0.2) is 8.42 Å². The fourth-order valence-electron chi connectivity index (χ4n) is 0.995. The van der Waals surface area contributed by atoms with Crippen LogP contribution in [0.1, 0.15) is 34.1 Å². The third-order valence-corrected chi connectivity index (χ3v) is 4.49. The number of rotatable bonds is 7. The van der Waals surface area contributed by atoms with Crippen molar-refractivity contribution in [3.8, 4) is 0 Å². The summed E-state index contributed by atoms with van der Waals surface area (Å²) in [4.78, 5) is 0. The van der Waals surface area contributed by atoms with Gasteiger partial charge in [0.05, 0.1) is 11.9 Å². The number of nitrogens with one attached hydrogen (secondary N) is 1. The number of hydrogen-bond donors (Lipinski definition) is 2. The van der Waals surface area contributed by atoms with Crippen molar-refractivity contribution >= 4 is 9.84 Å². The lowest BCUT2D eigenvalue weighted by molar-refractivity contribution is 0.0971. The van der Waals surface area contributed by atoms with Crippen molar-refractivity contribution in [2.45, 2.75) is 45.8 Å². The molecular weight excluding hydrogens is 214 g/mol. The van der Waals surface area contributed by atoms with E-state index in [1.807, 2.05) is 13.8 Å². The molecule has 0 aromatic heterocycles. The van der Waals surface area contributed by atoms with Crippen molar-refractivity contribution in [2.75, 3.05) is 18.1 Å².